The molecule has 1 aliphatic rings. The summed E-state index contributed by atoms with van der Waals surface area (Å²) in [6.45, 7) is 6.16. The molecule has 0 saturated carbocycles. The van der Waals surface area contributed by atoms with Gasteiger partial charge in [0.1, 0.15) is 0 Å². The van der Waals surface area contributed by atoms with Crippen LogP contribution in [0.15, 0.2) is 41.8 Å². The van der Waals surface area contributed by atoms with Crippen molar-refractivity contribution in [2.75, 3.05) is 5.75 Å². The molecule has 1 amide bonds. The van der Waals surface area contributed by atoms with Crippen molar-refractivity contribution in [3.8, 4) is 0 Å². The lowest BCUT2D eigenvalue weighted by Crippen LogP contribution is -2.45. The van der Waals surface area contributed by atoms with Crippen LogP contribution in [0.5, 0.6) is 0 Å². The molecule has 1 N–H and O–H groups in total. The highest BCUT2D eigenvalue weighted by Crippen LogP contribution is 2.27. The van der Waals surface area contributed by atoms with Gasteiger partial charge in [0.2, 0.25) is 5.91 Å². The van der Waals surface area contributed by atoms with Gasteiger partial charge in [0.15, 0.2) is 9.84 Å². The van der Waals surface area contributed by atoms with Crippen LogP contribution in [0.2, 0.25) is 0 Å². The van der Waals surface area contributed by atoms with Gasteiger partial charge in [0.25, 0.3) is 0 Å². The van der Waals surface area contributed by atoms with Crippen LogP contribution >= 0.6 is 0 Å². The Balaban J connectivity index is 1.95. The fraction of sp³-hybridized carbons (Fsp3) is 0.471. The molecule has 2 atom stereocenters. The third-order valence-corrected chi connectivity index (χ3v) is 5.89. The second kappa shape index (κ2) is 6.24. The summed E-state index contributed by atoms with van der Waals surface area (Å²) in [4.78, 5) is 12.2. The largest absolute Gasteiger partial charge is 0.353 e. The van der Waals surface area contributed by atoms with Crippen molar-refractivity contribution in [2.45, 2.75) is 38.6 Å². The third-order valence-electron chi connectivity index (χ3n) is 4.43. The predicted molar refractivity (Wildman–Crippen MR) is 88.1 cm³/mol. The van der Waals surface area contributed by atoms with Gasteiger partial charge in [-0.05, 0) is 12.5 Å². The van der Waals surface area contributed by atoms with Crippen molar-refractivity contribution in [1.82, 2.24) is 5.32 Å². The van der Waals surface area contributed by atoms with E-state index >= 15 is 0 Å². The molecule has 0 spiro atoms. The second-order valence-corrected chi connectivity index (χ2v) is 8.43. The molecular formula is C17H23NO3S. The molecule has 0 aromatic heterocycles. The second-order valence-electron chi connectivity index (χ2n) is 6.50. The van der Waals surface area contributed by atoms with Gasteiger partial charge in [-0.25, -0.2) is 8.42 Å². The predicted octanol–water partition coefficient (Wildman–Crippen LogP) is 2.42. The number of hydrogen-bond acceptors (Lipinski definition) is 3. The molecule has 0 aliphatic carbocycles. The van der Waals surface area contributed by atoms with Gasteiger partial charge in [0.05, 0.1) is 5.75 Å². The molecule has 120 valence electrons. The Morgan fingerprint density at radius 1 is 1.32 bits per heavy atom. The fourth-order valence-corrected chi connectivity index (χ4v) is 4.00. The molecule has 0 unspecified atom stereocenters. The van der Waals surface area contributed by atoms with E-state index in [1.807, 2.05) is 25.1 Å². The molecule has 1 aromatic carbocycles. The standard InChI is InChI=1S/C17H23NO3S/c1-13(17(2,3)15-7-5-4-6-8-15)18-16(19)11-14-9-10-22(20,21)12-14/h4-10,13-14H,11-12H2,1-3H3,(H,18,19)/t13-,14+/m1/s1. The average Bonchev–Trinajstić information content (AvgIpc) is 2.78. The zero-order valence-corrected chi connectivity index (χ0v) is 14.1. The number of benzene rings is 1. The van der Waals surface area contributed by atoms with E-state index in [0.717, 1.165) is 5.56 Å². The Labute approximate surface area is 132 Å². The van der Waals surface area contributed by atoms with E-state index in [0.29, 0.717) is 0 Å². The zero-order chi connectivity index (χ0) is 16.4. The van der Waals surface area contributed by atoms with Gasteiger partial charge in [-0.1, -0.05) is 50.3 Å². The summed E-state index contributed by atoms with van der Waals surface area (Å²) in [5, 5.41) is 4.22. The number of allylic oxidation sites excluding steroid dienone is 1. The minimum Gasteiger partial charge on any atom is -0.353 e. The van der Waals surface area contributed by atoms with E-state index in [1.165, 1.54) is 5.41 Å². The number of amides is 1. The normalized spacial score (nSPS) is 21.5. The van der Waals surface area contributed by atoms with E-state index in [9.17, 15) is 13.2 Å². The minimum atomic E-state index is -3.10. The lowest BCUT2D eigenvalue weighted by Gasteiger charge is -2.33. The SMILES string of the molecule is C[C@@H](NC(=O)C[C@@H]1C=CS(=O)(=O)C1)C(C)(C)c1ccccc1. The monoisotopic (exact) mass is 321 g/mol. The van der Waals surface area contributed by atoms with Gasteiger partial charge >= 0.3 is 0 Å². The third kappa shape index (κ3) is 3.97. The summed E-state index contributed by atoms with van der Waals surface area (Å²) in [6.07, 6.45) is 1.83. The number of carbonyl (C=O) groups excluding carboxylic acids is 1. The highest BCUT2D eigenvalue weighted by atomic mass is 32.2. The number of nitrogens with one attached hydrogen (secondary N) is 1. The van der Waals surface area contributed by atoms with E-state index < -0.39 is 9.84 Å². The number of rotatable bonds is 5. The van der Waals surface area contributed by atoms with Gasteiger partial charge in [-0.15, -0.1) is 0 Å². The van der Waals surface area contributed by atoms with Crippen LogP contribution in [-0.4, -0.2) is 26.1 Å². The van der Waals surface area contributed by atoms with Crippen molar-refractivity contribution in [3.05, 3.63) is 47.4 Å². The summed E-state index contributed by atoms with van der Waals surface area (Å²) in [5.41, 5.74) is 0.959. The molecule has 22 heavy (non-hydrogen) atoms. The van der Waals surface area contributed by atoms with Crippen LogP contribution < -0.4 is 5.32 Å². The van der Waals surface area contributed by atoms with Crippen LogP contribution in [0.25, 0.3) is 0 Å². The number of hydrogen-bond donors (Lipinski definition) is 1. The molecule has 0 radical (unpaired) electrons. The smallest absolute Gasteiger partial charge is 0.220 e. The van der Waals surface area contributed by atoms with E-state index in [-0.39, 0.29) is 35.5 Å². The van der Waals surface area contributed by atoms with Gasteiger partial charge in [-0.2, -0.15) is 0 Å². The Hall–Kier alpha value is -1.62. The molecule has 4 nitrogen and oxygen atoms in total. The Kier molecular flexibility index (Phi) is 4.75. The molecule has 5 heteroatoms. The topological polar surface area (TPSA) is 63.2 Å². The number of carbonyl (C=O) groups is 1. The van der Waals surface area contributed by atoms with Crippen molar-refractivity contribution in [3.63, 3.8) is 0 Å². The summed E-state index contributed by atoms with van der Waals surface area (Å²) < 4.78 is 22.7. The molecule has 1 aromatic rings. The molecule has 0 bridgehead atoms. The lowest BCUT2D eigenvalue weighted by molar-refractivity contribution is -0.122. The molecule has 1 aliphatic heterocycles. The molecular weight excluding hydrogens is 298 g/mol. The fourth-order valence-electron chi connectivity index (χ4n) is 2.60. The summed E-state index contributed by atoms with van der Waals surface area (Å²) >= 11 is 0. The minimum absolute atomic E-state index is 0.0386. The van der Waals surface area contributed by atoms with E-state index in [1.54, 1.807) is 6.08 Å². The van der Waals surface area contributed by atoms with Crippen LogP contribution in [0.3, 0.4) is 0 Å². The average molecular weight is 321 g/mol. The van der Waals surface area contributed by atoms with Crippen molar-refractivity contribution in [2.24, 2.45) is 5.92 Å². The Bertz CT molecular complexity index is 662. The number of sulfone groups is 1. The summed E-state index contributed by atoms with van der Waals surface area (Å²) in [5.74, 6) is -0.281. The first-order valence-electron chi connectivity index (χ1n) is 7.46. The maximum atomic E-state index is 12.2. The highest BCUT2D eigenvalue weighted by molar-refractivity contribution is 7.94. The van der Waals surface area contributed by atoms with E-state index in [4.69, 9.17) is 0 Å². The molecule has 0 fully saturated rings. The highest BCUT2D eigenvalue weighted by Gasteiger charge is 2.30. The van der Waals surface area contributed by atoms with Crippen LogP contribution in [0.1, 0.15) is 32.8 Å². The van der Waals surface area contributed by atoms with E-state index in [2.05, 4.69) is 31.3 Å². The maximum Gasteiger partial charge on any atom is 0.220 e. The molecule has 0 saturated heterocycles. The van der Waals surface area contributed by atoms with Crippen molar-refractivity contribution < 1.29 is 13.2 Å². The maximum absolute atomic E-state index is 12.2. The molecule has 2 rings (SSSR count). The van der Waals surface area contributed by atoms with Crippen LogP contribution in [0.4, 0.5) is 0 Å². The van der Waals surface area contributed by atoms with Crippen molar-refractivity contribution in [1.29, 1.82) is 0 Å². The summed E-state index contributed by atoms with van der Waals surface area (Å²) in [6, 6.07) is 9.99. The van der Waals surface area contributed by atoms with Gasteiger partial charge in [-0.3, -0.25) is 4.79 Å². The Morgan fingerprint density at radius 3 is 2.50 bits per heavy atom. The summed E-state index contributed by atoms with van der Waals surface area (Å²) in [7, 11) is -3.10. The Morgan fingerprint density at radius 2 is 1.95 bits per heavy atom. The quantitative estimate of drug-likeness (QED) is 0.906. The van der Waals surface area contributed by atoms with Gasteiger partial charge in [0, 0.05) is 29.2 Å². The lowest BCUT2D eigenvalue weighted by atomic mass is 9.78. The van der Waals surface area contributed by atoms with Crippen molar-refractivity contribution >= 4 is 15.7 Å². The first-order valence-corrected chi connectivity index (χ1v) is 9.18. The van der Waals surface area contributed by atoms with Crippen LogP contribution in [-0.2, 0) is 20.0 Å². The van der Waals surface area contributed by atoms with Gasteiger partial charge < -0.3 is 5.32 Å². The zero-order valence-electron chi connectivity index (χ0n) is 13.2. The molecule has 1 heterocycles. The van der Waals surface area contributed by atoms with Crippen LogP contribution in [0, 0.1) is 5.92 Å². The first kappa shape index (κ1) is 16.7. The first-order chi connectivity index (χ1) is 10.2.